The molecule has 0 radical (unpaired) electrons. The third-order valence-electron chi connectivity index (χ3n) is 6.97. The van der Waals surface area contributed by atoms with Crippen LogP contribution in [0.3, 0.4) is 0 Å². The number of rotatable bonds is 4. The molecule has 11 heteroatoms. The molecule has 2 atom stereocenters. The Balaban J connectivity index is 1.35. The molecule has 3 aromatic rings. The first kappa shape index (κ1) is 20.0. The van der Waals surface area contributed by atoms with E-state index in [2.05, 4.69) is 42.1 Å². The number of nitrogens with one attached hydrogen (secondary N) is 1. The molecule has 3 aliphatic rings. The Morgan fingerprint density at radius 1 is 1.18 bits per heavy atom. The van der Waals surface area contributed by atoms with Crippen LogP contribution in [0.1, 0.15) is 24.8 Å². The van der Waals surface area contributed by atoms with Gasteiger partial charge < -0.3 is 11.1 Å². The standard InChI is InChI=1S/C22H21F2N9/c23-15-2-1-3-18(19(15)24)33-21(30-31-32-33)13-8-12(10-27-20(13)25)16-9-17(29-28-16)14-11-26-7-6-22(14)4-5-22/h1-3,8-10,14,17,26H,4-7,11H2,(H2,25,27). The van der Waals surface area contributed by atoms with Crippen molar-refractivity contribution in [2.75, 3.05) is 18.8 Å². The van der Waals surface area contributed by atoms with E-state index in [1.807, 2.05) is 0 Å². The highest BCUT2D eigenvalue weighted by atomic mass is 19.2. The summed E-state index contributed by atoms with van der Waals surface area (Å²) in [7, 11) is 0. The summed E-state index contributed by atoms with van der Waals surface area (Å²) in [5.41, 5.74) is 8.17. The van der Waals surface area contributed by atoms with Crippen LogP contribution in [0.25, 0.3) is 22.8 Å². The summed E-state index contributed by atoms with van der Waals surface area (Å²) in [5.74, 6) is -1.32. The number of anilines is 1. The number of pyridine rings is 1. The van der Waals surface area contributed by atoms with Gasteiger partial charge in [-0.15, -0.1) is 5.10 Å². The lowest BCUT2D eigenvalue weighted by molar-refractivity contribution is 0.213. The van der Waals surface area contributed by atoms with E-state index >= 15 is 0 Å². The van der Waals surface area contributed by atoms with Gasteiger partial charge in [0.1, 0.15) is 11.5 Å². The van der Waals surface area contributed by atoms with Crippen molar-refractivity contribution in [2.45, 2.75) is 25.3 Å². The minimum absolute atomic E-state index is 0.0167. The van der Waals surface area contributed by atoms with Gasteiger partial charge in [0.2, 0.25) is 0 Å². The second kappa shape index (κ2) is 7.48. The second-order valence-corrected chi connectivity index (χ2v) is 8.82. The molecule has 2 unspecified atom stereocenters. The van der Waals surface area contributed by atoms with Crippen LogP contribution in [0.15, 0.2) is 46.8 Å². The van der Waals surface area contributed by atoms with Gasteiger partial charge in [-0.1, -0.05) is 6.07 Å². The molecule has 1 aliphatic carbocycles. The van der Waals surface area contributed by atoms with E-state index in [4.69, 9.17) is 5.73 Å². The van der Waals surface area contributed by atoms with Gasteiger partial charge in [-0.25, -0.2) is 13.8 Å². The highest BCUT2D eigenvalue weighted by Gasteiger charge is 2.53. The number of azo groups is 1. The number of hydrogen-bond donors (Lipinski definition) is 2. The molecule has 168 valence electrons. The highest BCUT2D eigenvalue weighted by molar-refractivity contribution is 5.76. The molecule has 0 bridgehead atoms. The normalized spacial score (nSPS) is 23.2. The summed E-state index contributed by atoms with van der Waals surface area (Å²) in [6.45, 7) is 2.00. The number of aromatic nitrogens is 5. The van der Waals surface area contributed by atoms with Crippen LogP contribution in [0.4, 0.5) is 14.6 Å². The van der Waals surface area contributed by atoms with E-state index in [1.165, 1.54) is 31.4 Å². The predicted molar refractivity (Wildman–Crippen MR) is 116 cm³/mol. The third kappa shape index (κ3) is 3.30. The predicted octanol–water partition coefficient (Wildman–Crippen LogP) is 3.15. The Kier molecular flexibility index (Phi) is 4.54. The highest BCUT2D eigenvalue weighted by Crippen LogP contribution is 2.58. The van der Waals surface area contributed by atoms with Crippen molar-refractivity contribution >= 4 is 11.5 Å². The van der Waals surface area contributed by atoms with Gasteiger partial charge >= 0.3 is 0 Å². The minimum atomic E-state index is -1.06. The lowest BCUT2D eigenvalue weighted by atomic mass is 9.78. The maximum Gasteiger partial charge on any atom is 0.190 e. The molecule has 1 saturated heterocycles. The molecule has 2 fully saturated rings. The average Bonchev–Trinajstić information content (AvgIpc) is 3.22. The monoisotopic (exact) mass is 449 g/mol. The molecule has 2 aromatic heterocycles. The van der Waals surface area contributed by atoms with Gasteiger partial charge in [-0.3, -0.25) is 0 Å². The summed E-state index contributed by atoms with van der Waals surface area (Å²) in [6.07, 6.45) is 7.38. The van der Waals surface area contributed by atoms with Crippen molar-refractivity contribution in [3.63, 3.8) is 0 Å². The summed E-state index contributed by atoms with van der Waals surface area (Å²) < 4.78 is 29.3. The lowest BCUT2D eigenvalue weighted by Crippen LogP contribution is -2.42. The van der Waals surface area contributed by atoms with Crippen molar-refractivity contribution in [1.29, 1.82) is 0 Å². The van der Waals surface area contributed by atoms with Gasteiger partial charge in [0.25, 0.3) is 0 Å². The number of benzene rings is 1. The van der Waals surface area contributed by atoms with Crippen LogP contribution in [-0.4, -0.2) is 44.3 Å². The van der Waals surface area contributed by atoms with Crippen molar-refractivity contribution in [1.82, 2.24) is 30.5 Å². The van der Waals surface area contributed by atoms with E-state index in [0.29, 0.717) is 28.2 Å². The van der Waals surface area contributed by atoms with Crippen LogP contribution in [-0.2, 0) is 0 Å². The van der Waals surface area contributed by atoms with E-state index in [0.717, 1.165) is 23.8 Å². The Morgan fingerprint density at radius 2 is 2.06 bits per heavy atom. The van der Waals surface area contributed by atoms with Crippen molar-refractivity contribution in [2.24, 2.45) is 21.6 Å². The summed E-state index contributed by atoms with van der Waals surface area (Å²) in [5, 5.41) is 23.9. The smallest absolute Gasteiger partial charge is 0.190 e. The van der Waals surface area contributed by atoms with Crippen molar-refractivity contribution < 1.29 is 8.78 Å². The van der Waals surface area contributed by atoms with Crippen molar-refractivity contribution in [3.8, 4) is 17.1 Å². The molecule has 9 nitrogen and oxygen atoms in total. The van der Waals surface area contributed by atoms with Crippen LogP contribution in [0.2, 0.25) is 0 Å². The first-order valence-electron chi connectivity index (χ1n) is 10.9. The number of nitrogens with zero attached hydrogens (tertiary/aromatic N) is 7. The second-order valence-electron chi connectivity index (χ2n) is 8.82. The number of halogens is 2. The van der Waals surface area contributed by atoms with Gasteiger partial charge in [0.05, 0.1) is 17.3 Å². The van der Waals surface area contributed by atoms with Crippen LogP contribution >= 0.6 is 0 Å². The molecule has 33 heavy (non-hydrogen) atoms. The number of hydrogen-bond acceptors (Lipinski definition) is 8. The number of tetrazole rings is 1. The molecular weight excluding hydrogens is 428 g/mol. The Labute approximate surface area is 187 Å². The Morgan fingerprint density at radius 3 is 2.91 bits per heavy atom. The SMILES string of the molecule is Nc1ncc(C2=CC(C3CNCCC34CC4)N=N2)cc1-c1nnnn1-c1cccc(F)c1F. The molecule has 2 aliphatic heterocycles. The van der Waals surface area contributed by atoms with E-state index in [9.17, 15) is 8.78 Å². The van der Waals surface area contributed by atoms with Crippen LogP contribution in [0, 0.1) is 23.0 Å². The maximum atomic E-state index is 14.4. The fourth-order valence-electron chi connectivity index (χ4n) is 4.94. The summed E-state index contributed by atoms with van der Waals surface area (Å²) in [4.78, 5) is 4.28. The molecular formula is C22H21F2N9. The minimum Gasteiger partial charge on any atom is -0.383 e. The Hall–Kier alpha value is -3.60. The molecule has 1 spiro atoms. The molecule has 4 heterocycles. The lowest BCUT2D eigenvalue weighted by Gasteiger charge is -2.34. The molecule has 1 aromatic carbocycles. The zero-order chi connectivity index (χ0) is 22.6. The van der Waals surface area contributed by atoms with Crippen molar-refractivity contribution in [3.05, 3.63) is 53.7 Å². The zero-order valence-corrected chi connectivity index (χ0v) is 17.6. The van der Waals surface area contributed by atoms with Crippen LogP contribution in [0.5, 0.6) is 0 Å². The van der Waals surface area contributed by atoms with E-state index in [-0.39, 0.29) is 23.4 Å². The first-order chi connectivity index (χ1) is 16.1. The van der Waals surface area contributed by atoms with Gasteiger partial charge in [-0.2, -0.15) is 14.9 Å². The zero-order valence-electron chi connectivity index (χ0n) is 17.6. The topological polar surface area (TPSA) is 119 Å². The number of piperidine rings is 1. The fraction of sp³-hybridized carbons (Fsp3) is 0.364. The van der Waals surface area contributed by atoms with Gasteiger partial charge in [-0.05, 0) is 65.9 Å². The van der Waals surface area contributed by atoms with Gasteiger partial charge in [0.15, 0.2) is 17.5 Å². The molecule has 3 N–H and O–H groups in total. The average molecular weight is 449 g/mol. The molecule has 0 amide bonds. The van der Waals surface area contributed by atoms with Crippen LogP contribution < -0.4 is 11.1 Å². The Bertz CT molecular complexity index is 1290. The van der Waals surface area contributed by atoms with Gasteiger partial charge in [0, 0.05) is 24.2 Å². The first-order valence-corrected chi connectivity index (χ1v) is 10.9. The quantitative estimate of drug-likeness (QED) is 0.632. The number of nitrogens with two attached hydrogens (primary N) is 1. The molecule has 1 saturated carbocycles. The summed E-state index contributed by atoms with van der Waals surface area (Å²) >= 11 is 0. The third-order valence-corrected chi connectivity index (χ3v) is 6.97. The fourth-order valence-corrected chi connectivity index (χ4v) is 4.94. The largest absolute Gasteiger partial charge is 0.383 e. The number of nitrogen functional groups attached to an aromatic ring is 1. The summed E-state index contributed by atoms with van der Waals surface area (Å²) in [6, 6.07) is 5.56. The molecule has 6 rings (SSSR count). The van der Waals surface area contributed by atoms with E-state index < -0.39 is 11.6 Å². The van der Waals surface area contributed by atoms with E-state index in [1.54, 1.807) is 12.3 Å². The maximum absolute atomic E-state index is 14.4.